The molecular formula is C20H23N5O2S. The Kier molecular flexibility index (Phi) is 5.21. The first-order valence-corrected chi connectivity index (χ1v) is 10.6. The molecule has 4 rings (SSSR count). The van der Waals surface area contributed by atoms with E-state index in [1.807, 2.05) is 44.4 Å². The van der Waals surface area contributed by atoms with E-state index in [0.29, 0.717) is 30.4 Å². The SMILES string of the molecule is CSc1nc2nc(C)c(CCC(=O)N[C@H]3CCOc4ccccc43)c(C)n2n1. The van der Waals surface area contributed by atoms with Crippen molar-refractivity contribution in [1.82, 2.24) is 24.9 Å². The first-order chi connectivity index (χ1) is 13.6. The lowest BCUT2D eigenvalue weighted by molar-refractivity contribution is -0.122. The molecule has 0 saturated heterocycles. The van der Waals surface area contributed by atoms with Gasteiger partial charge in [-0.2, -0.15) is 4.98 Å². The number of nitrogens with zero attached hydrogens (tertiary/aromatic N) is 4. The number of fused-ring (bicyclic) bond motifs is 2. The van der Waals surface area contributed by atoms with E-state index < -0.39 is 0 Å². The number of aromatic nitrogens is 4. The molecule has 0 saturated carbocycles. The molecule has 7 nitrogen and oxygen atoms in total. The Labute approximate surface area is 167 Å². The number of ether oxygens (including phenoxy) is 1. The molecule has 0 unspecified atom stereocenters. The lowest BCUT2D eigenvalue weighted by atomic mass is 10.00. The third-order valence-corrected chi connectivity index (χ3v) is 5.65. The molecule has 3 heterocycles. The number of amides is 1. The van der Waals surface area contributed by atoms with E-state index in [0.717, 1.165) is 34.7 Å². The molecule has 0 fully saturated rings. The molecule has 2 aromatic heterocycles. The largest absolute Gasteiger partial charge is 0.493 e. The van der Waals surface area contributed by atoms with Gasteiger partial charge in [0.25, 0.3) is 5.78 Å². The monoisotopic (exact) mass is 397 g/mol. The Morgan fingerprint density at radius 1 is 1.32 bits per heavy atom. The number of rotatable bonds is 5. The molecule has 1 atom stereocenters. The molecule has 0 bridgehead atoms. The fourth-order valence-electron chi connectivity index (χ4n) is 3.64. The summed E-state index contributed by atoms with van der Waals surface area (Å²) in [6.07, 6.45) is 3.74. The highest BCUT2D eigenvalue weighted by Crippen LogP contribution is 2.31. The average Bonchev–Trinajstić information content (AvgIpc) is 3.11. The van der Waals surface area contributed by atoms with Crippen LogP contribution in [0.15, 0.2) is 29.4 Å². The average molecular weight is 398 g/mol. The minimum Gasteiger partial charge on any atom is -0.493 e. The summed E-state index contributed by atoms with van der Waals surface area (Å²) in [6.45, 7) is 4.58. The van der Waals surface area contributed by atoms with Crippen LogP contribution in [0, 0.1) is 13.8 Å². The van der Waals surface area contributed by atoms with Gasteiger partial charge in [-0.3, -0.25) is 4.79 Å². The zero-order chi connectivity index (χ0) is 19.7. The van der Waals surface area contributed by atoms with Gasteiger partial charge < -0.3 is 10.1 Å². The molecule has 146 valence electrons. The number of thioether (sulfide) groups is 1. The van der Waals surface area contributed by atoms with E-state index in [4.69, 9.17) is 4.74 Å². The minimum absolute atomic E-state index is 0.000276. The number of nitrogens with one attached hydrogen (secondary N) is 1. The molecule has 1 aliphatic rings. The van der Waals surface area contributed by atoms with Gasteiger partial charge in [-0.1, -0.05) is 30.0 Å². The molecule has 1 aliphatic heterocycles. The molecule has 3 aromatic rings. The lowest BCUT2D eigenvalue weighted by Gasteiger charge is -2.26. The van der Waals surface area contributed by atoms with Crippen molar-refractivity contribution in [1.29, 1.82) is 0 Å². The van der Waals surface area contributed by atoms with Crippen molar-refractivity contribution in [2.24, 2.45) is 0 Å². The first-order valence-electron chi connectivity index (χ1n) is 9.34. The Balaban J connectivity index is 1.47. The van der Waals surface area contributed by atoms with Crippen LogP contribution in [0.1, 0.15) is 41.4 Å². The molecule has 0 aliphatic carbocycles. The van der Waals surface area contributed by atoms with Gasteiger partial charge in [-0.15, -0.1) is 5.10 Å². The lowest BCUT2D eigenvalue weighted by Crippen LogP contribution is -2.32. The van der Waals surface area contributed by atoms with Crippen molar-refractivity contribution in [2.75, 3.05) is 12.9 Å². The summed E-state index contributed by atoms with van der Waals surface area (Å²) in [5.74, 6) is 1.49. The van der Waals surface area contributed by atoms with E-state index in [1.54, 1.807) is 4.52 Å². The Morgan fingerprint density at radius 3 is 2.96 bits per heavy atom. The fourth-order valence-corrected chi connectivity index (χ4v) is 3.97. The number of para-hydroxylation sites is 1. The minimum atomic E-state index is -0.000276. The molecule has 28 heavy (non-hydrogen) atoms. The van der Waals surface area contributed by atoms with E-state index >= 15 is 0 Å². The molecule has 0 radical (unpaired) electrons. The Bertz CT molecular complexity index is 1030. The maximum absolute atomic E-state index is 12.6. The van der Waals surface area contributed by atoms with E-state index in [9.17, 15) is 4.79 Å². The second-order valence-corrected chi connectivity index (χ2v) is 7.64. The first kappa shape index (κ1) is 18.7. The molecule has 1 amide bonds. The van der Waals surface area contributed by atoms with Crippen LogP contribution in [0.5, 0.6) is 5.75 Å². The van der Waals surface area contributed by atoms with Crippen LogP contribution in [-0.2, 0) is 11.2 Å². The number of aryl methyl sites for hydroxylation is 2. The number of hydrogen-bond donors (Lipinski definition) is 1. The second-order valence-electron chi connectivity index (χ2n) is 6.87. The van der Waals surface area contributed by atoms with Gasteiger partial charge in [0.1, 0.15) is 5.75 Å². The molecular weight excluding hydrogens is 374 g/mol. The van der Waals surface area contributed by atoms with Crippen molar-refractivity contribution in [2.45, 2.75) is 44.3 Å². The van der Waals surface area contributed by atoms with Crippen LogP contribution in [0.4, 0.5) is 0 Å². The van der Waals surface area contributed by atoms with Crippen LogP contribution in [0.25, 0.3) is 5.78 Å². The Morgan fingerprint density at radius 2 is 2.14 bits per heavy atom. The van der Waals surface area contributed by atoms with Crippen molar-refractivity contribution >= 4 is 23.4 Å². The van der Waals surface area contributed by atoms with Gasteiger partial charge in [-0.05, 0) is 38.2 Å². The van der Waals surface area contributed by atoms with Gasteiger partial charge in [0, 0.05) is 29.8 Å². The topological polar surface area (TPSA) is 81.4 Å². The summed E-state index contributed by atoms with van der Waals surface area (Å²) in [5, 5.41) is 8.32. The van der Waals surface area contributed by atoms with Crippen molar-refractivity contribution in [3.05, 3.63) is 46.8 Å². The number of hydrogen-bond acceptors (Lipinski definition) is 6. The zero-order valence-corrected chi connectivity index (χ0v) is 17.0. The highest BCUT2D eigenvalue weighted by atomic mass is 32.2. The van der Waals surface area contributed by atoms with Crippen molar-refractivity contribution < 1.29 is 9.53 Å². The highest BCUT2D eigenvalue weighted by molar-refractivity contribution is 7.98. The normalized spacial score (nSPS) is 15.9. The predicted octanol–water partition coefficient (Wildman–Crippen LogP) is 3.04. The van der Waals surface area contributed by atoms with E-state index in [1.165, 1.54) is 11.8 Å². The zero-order valence-electron chi connectivity index (χ0n) is 16.2. The smallest absolute Gasteiger partial charge is 0.253 e. The van der Waals surface area contributed by atoms with Crippen LogP contribution < -0.4 is 10.1 Å². The van der Waals surface area contributed by atoms with Gasteiger partial charge in [0.2, 0.25) is 11.1 Å². The standard InChI is InChI=1S/C20H23N5O2S/c1-12-14(13(2)25-19(21-12)23-20(24-25)28-3)8-9-18(26)22-16-10-11-27-17-7-5-4-6-15(16)17/h4-7,16H,8-11H2,1-3H3,(H,22,26)/t16-/m0/s1. The third-order valence-electron chi connectivity index (χ3n) is 5.11. The fraction of sp³-hybridized carbons (Fsp3) is 0.400. The van der Waals surface area contributed by atoms with E-state index in [-0.39, 0.29) is 11.9 Å². The number of carbonyl (C=O) groups excluding carboxylic acids is 1. The van der Waals surface area contributed by atoms with E-state index in [2.05, 4.69) is 20.4 Å². The molecule has 1 N–H and O–H groups in total. The summed E-state index contributed by atoms with van der Waals surface area (Å²) in [4.78, 5) is 21.6. The van der Waals surface area contributed by atoms with Crippen LogP contribution in [0.3, 0.4) is 0 Å². The van der Waals surface area contributed by atoms with Gasteiger partial charge in [-0.25, -0.2) is 9.50 Å². The van der Waals surface area contributed by atoms with Crippen LogP contribution in [0.2, 0.25) is 0 Å². The van der Waals surface area contributed by atoms with Crippen molar-refractivity contribution in [3.63, 3.8) is 0 Å². The summed E-state index contributed by atoms with van der Waals surface area (Å²) < 4.78 is 7.44. The summed E-state index contributed by atoms with van der Waals surface area (Å²) in [7, 11) is 0. The van der Waals surface area contributed by atoms with Crippen LogP contribution in [-0.4, -0.2) is 38.4 Å². The Hall–Kier alpha value is -2.61. The summed E-state index contributed by atoms with van der Waals surface area (Å²) in [6, 6.07) is 7.88. The van der Waals surface area contributed by atoms with Gasteiger partial charge >= 0.3 is 0 Å². The predicted molar refractivity (Wildman–Crippen MR) is 108 cm³/mol. The quantitative estimate of drug-likeness (QED) is 0.667. The summed E-state index contributed by atoms with van der Waals surface area (Å²) >= 11 is 1.49. The van der Waals surface area contributed by atoms with Gasteiger partial charge in [0.15, 0.2) is 0 Å². The molecule has 0 spiro atoms. The third kappa shape index (κ3) is 3.56. The number of carbonyl (C=O) groups is 1. The second kappa shape index (κ2) is 7.79. The maximum atomic E-state index is 12.6. The van der Waals surface area contributed by atoms with Crippen molar-refractivity contribution in [3.8, 4) is 5.75 Å². The molecule has 1 aromatic carbocycles. The van der Waals surface area contributed by atoms with Gasteiger partial charge in [0.05, 0.1) is 12.6 Å². The van der Waals surface area contributed by atoms with Crippen LogP contribution >= 0.6 is 11.8 Å². The molecule has 8 heteroatoms. The summed E-state index contributed by atoms with van der Waals surface area (Å²) in [5.41, 5.74) is 3.98. The maximum Gasteiger partial charge on any atom is 0.253 e. The number of benzene rings is 1. The highest BCUT2D eigenvalue weighted by Gasteiger charge is 2.23.